The number of amides is 1. The normalized spacial score (nSPS) is 14.3. The summed E-state index contributed by atoms with van der Waals surface area (Å²) in [5.41, 5.74) is 0.854. The first-order valence-corrected chi connectivity index (χ1v) is 10.6. The average molecular weight is 409 g/mol. The molecule has 0 saturated carbocycles. The number of hydrogen-bond acceptors (Lipinski definition) is 4. The molecule has 3 rings (SSSR count). The zero-order valence-electron chi connectivity index (χ0n) is 14.7. The van der Waals surface area contributed by atoms with Crippen molar-refractivity contribution in [1.29, 1.82) is 0 Å². The molecule has 0 aliphatic carbocycles. The Balaban J connectivity index is 1.61. The van der Waals surface area contributed by atoms with Crippen molar-refractivity contribution < 1.29 is 17.9 Å². The fraction of sp³-hybridized carbons (Fsp3) is 0.316. The van der Waals surface area contributed by atoms with E-state index < -0.39 is 10.0 Å². The molecule has 6 nitrogen and oxygen atoms in total. The fourth-order valence-electron chi connectivity index (χ4n) is 2.82. The van der Waals surface area contributed by atoms with Crippen LogP contribution in [0.1, 0.15) is 18.4 Å². The summed E-state index contributed by atoms with van der Waals surface area (Å²) in [4.78, 5) is 13.8. The topological polar surface area (TPSA) is 75.7 Å². The number of halogens is 1. The van der Waals surface area contributed by atoms with Crippen molar-refractivity contribution in [2.45, 2.75) is 24.3 Å². The molecular formula is C19H21ClN2O4S. The van der Waals surface area contributed by atoms with Crippen LogP contribution < -0.4 is 9.46 Å². The predicted octanol–water partition coefficient (Wildman–Crippen LogP) is 2.82. The second kappa shape index (κ2) is 8.73. The number of carbonyl (C=O) groups excluding carboxylic acids is 1. The van der Waals surface area contributed by atoms with Crippen molar-refractivity contribution in [2.24, 2.45) is 0 Å². The molecule has 0 atom stereocenters. The standard InChI is InChI=1S/C19H21ClN2O4S/c20-17-12-16(27(24,25)21-13-15-6-2-1-3-7-15)8-9-18(17)26-14-19(23)22-10-4-5-11-22/h1-3,6-9,12,21H,4-5,10-11,13-14H2. The first-order chi connectivity index (χ1) is 13.0. The lowest BCUT2D eigenvalue weighted by atomic mass is 10.2. The Morgan fingerprint density at radius 3 is 2.48 bits per heavy atom. The Kier molecular flexibility index (Phi) is 6.36. The Bertz CT molecular complexity index is 897. The lowest BCUT2D eigenvalue weighted by Gasteiger charge is -2.16. The van der Waals surface area contributed by atoms with Gasteiger partial charge in [-0.15, -0.1) is 0 Å². The minimum Gasteiger partial charge on any atom is -0.482 e. The number of ether oxygens (including phenoxy) is 1. The molecule has 144 valence electrons. The molecule has 1 saturated heterocycles. The van der Waals surface area contributed by atoms with Gasteiger partial charge in [-0.2, -0.15) is 0 Å². The molecule has 2 aromatic carbocycles. The summed E-state index contributed by atoms with van der Waals surface area (Å²) < 4.78 is 32.9. The number of carbonyl (C=O) groups is 1. The monoisotopic (exact) mass is 408 g/mol. The van der Waals surface area contributed by atoms with E-state index in [2.05, 4.69) is 4.72 Å². The zero-order chi connectivity index (χ0) is 19.3. The van der Waals surface area contributed by atoms with Crippen LogP contribution in [-0.2, 0) is 21.4 Å². The number of likely N-dealkylation sites (tertiary alicyclic amines) is 1. The van der Waals surface area contributed by atoms with Crippen molar-refractivity contribution in [1.82, 2.24) is 9.62 Å². The Hall–Kier alpha value is -2.09. The van der Waals surface area contributed by atoms with Gasteiger partial charge in [0.25, 0.3) is 5.91 Å². The third-order valence-corrected chi connectivity index (χ3v) is 6.03. The fourth-order valence-corrected chi connectivity index (χ4v) is 4.16. The number of hydrogen-bond donors (Lipinski definition) is 1. The molecule has 8 heteroatoms. The van der Waals surface area contributed by atoms with Crippen molar-refractivity contribution in [3.05, 3.63) is 59.1 Å². The van der Waals surface area contributed by atoms with Crippen LogP contribution in [0.2, 0.25) is 5.02 Å². The number of rotatable bonds is 7. The summed E-state index contributed by atoms with van der Waals surface area (Å²) in [6, 6.07) is 13.4. The Morgan fingerprint density at radius 2 is 1.81 bits per heavy atom. The number of nitrogens with one attached hydrogen (secondary N) is 1. The summed E-state index contributed by atoms with van der Waals surface area (Å²) in [5, 5.41) is 0.145. The highest BCUT2D eigenvalue weighted by Gasteiger charge is 2.20. The molecule has 1 aliphatic heterocycles. The van der Waals surface area contributed by atoms with E-state index in [-0.39, 0.29) is 34.7 Å². The first-order valence-electron chi connectivity index (χ1n) is 8.69. The van der Waals surface area contributed by atoms with Crippen LogP contribution in [0.5, 0.6) is 5.75 Å². The van der Waals surface area contributed by atoms with E-state index >= 15 is 0 Å². The van der Waals surface area contributed by atoms with E-state index in [1.165, 1.54) is 18.2 Å². The van der Waals surface area contributed by atoms with Gasteiger partial charge in [0.2, 0.25) is 10.0 Å². The first kappa shape index (κ1) is 19.7. The Labute approximate surface area is 164 Å². The van der Waals surface area contributed by atoms with Gasteiger partial charge in [-0.3, -0.25) is 4.79 Å². The van der Waals surface area contributed by atoms with Crippen LogP contribution in [-0.4, -0.2) is 38.9 Å². The predicted molar refractivity (Wildman–Crippen MR) is 103 cm³/mol. The van der Waals surface area contributed by atoms with Crippen molar-refractivity contribution in [3.63, 3.8) is 0 Å². The second-order valence-electron chi connectivity index (χ2n) is 6.28. The summed E-state index contributed by atoms with van der Waals surface area (Å²) in [6.07, 6.45) is 2.02. The Morgan fingerprint density at radius 1 is 1.11 bits per heavy atom. The number of sulfonamides is 1. The van der Waals surface area contributed by atoms with Gasteiger partial charge in [-0.25, -0.2) is 13.1 Å². The maximum atomic E-state index is 12.4. The van der Waals surface area contributed by atoms with Gasteiger partial charge >= 0.3 is 0 Å². The van der Waals surface area contributed by atoms with Crippen LogP contribution in [0.15, 0.2) is 53.4 Å². The highest BCUT2D eigenvalue weighted by molar-refractivity contribution is 7.89. The van der Waals surface area contributed by atoms with Gasteiger partial charge in [0.15, 0.2) is 6.61 Å². The summed E-state index contributed by atoms with van der Waals surface area (Å²) in [5.74, 6) is 0.191. The largest absolute Gasteiger partial charge is 0.482 e. The summed E-state index contributed by atoms with van der Waals surface area (Å²) in [6.45, 7) is 1.57. The zero-order valence-corrected chi connectivity index (χ0v) is 16.3. The number of benzene rings is 2. The summed E-state index contributed by atoms with van der Waals surface area (Å²) in [7, 11) is -3.71. The lowest BCUT2D eigenvalue weighted by molar-refractivity contribution is -0.132. The quantitative estimate of drug-likeness (QED) is 0.764. The van der Waals surface area contributed by atoms with Crippen molar-refractivity contribution >= 4 is 27.5 Å². The van der Waals surface area contributed by atoms with Crippen LogP contribution in [0.3, 0.4) is 0 Å². The van der Waals surface area contributed by atoms with Gasteiger partial charge < -0.3 is 9.64 Å². The lowest BCUT2D eigenvalue weighted by Crippen LogP contribution is -2.32. The highest BCUT2D eigenvalue weighted by atomic mass is 35.5. The smallest absolute Gasteiger partial charge is 0.260 e. The number of nitrogens with zero attached hydrogens (tertiary/aromatic N) is 1. The van der Waals surface area contributed by atoms with E-state index in [1.807, 2.05) is 30.3 Å². The van der Waals surface area contributed by atoms with E-state index in [0.29, 0.717) is 0 Å². The third-order valence-electron chi connectivity index (χ3n) is 4.33. The van der Waals surface area contributed by atoms with E-state index in [9.17, 15) is 13.2 Å². The molecule has 27 heavy (non-hydrogen) atoms. The maximum absolute atomic E-state index is 12.4. The van der Waals surface area contributed by atoms with Crippen LogP contribution in [0.25, 0.3) is 0 Å². The van der Waals surface area contributed by atoms with Gasteiger partial charge in [0, 0.05) is 19.6 Å². The molecule has 0 bridgehead atoms. The molecule has 2 aromatic rings. The minimum absolute atomic E-state index is 0.0432. The van der Waals surface area contributed by atoms with Crippen LogP contribution in [0, 0.1) is 0 Å². The summed E-state index contributed by atoms with van der Waals surface area (Å²) >= 11 is 6.15. The molecular weight excluding hydrogens is 388 g/mol. The van der Waals surface area contributed by atoms with Gasteiger partial charge in [0.05, 0.1) is 9.92 Å². The maximum Gasteiger partial charge on any atom is 0.260 e. The molecule has 1 amide bonds. The highest BCUT2D eigenvalue weighted by Crippen LogP contribution is 2.27. The van der Waals surface area contributed by atoms with E-state index in [0.717, 1.165) is 31.5 Å². The molecule has 1 fully saturated rings. The van der Waals surface area contributed by atoms with E-state index in [4.69, 9.17) is 16.3 Å². The molecule has 0 aromatic heterocycles. The molecule has 0 spiro atoms. The average Bonchev–Trinajstić information content (AvgIpc) is 3.21. The molecule has 1 N–H and O–H groups in total. The third kappa shape index (κ3) is 5.22. The van der Waals surface area contributed by atoms with Gasteiger partial charge in [-0.05, 0) is 36.6 Å². The molecule has 1 heterocycles. The van der Waals surface area contributed by atoms with Gasteiger partial charge in [0.1, 0.15) is 5.75 Å². The minimum atomic E-state index is -3.71. The SMILES string of the molecule is O=C(COc1ccc(S(=O)(=O)NCc2ccccc2)cc1Cl)N1CCCC1. The second-order valence-corrected chi connectivity index (χ2v) is 8.45. The molecule has 0 unspecified atom stereocenters. The van der Waals surface area contributed by atoms with Crippen molar-refractivity contribution in [2.75, 3.05) is 19.7 Å². The molecule has 0 radical (unpaired) electrons. The van der Waals surface area contributed by atoms with Gasteiger partial charge in [-0.1, -0.05) is 41.9 Å². The van der Waals surface area contributed by atoms with Crippen LogP contribution in [0.4, 0.5) is 0 Å². The molecule has 1 aliphatic rings. The van der Waals surface area contributed by atoms with E-state index in [1.54, 1.807) is 4.90 Å². The van der Waals surface area contributed by atoms with Crippen molar-refractivity contribution in [3.8, 4) is 5.75 Å². The van der Waals surface area contributed by atoms with Crippen LogP contribution >= 0.6 is 11.6 Å².